The maximum atomic E-state index is 6.76. The quantitative estimate of drug-likeness (QED) is 0.0736. The van der Waals surface area contributed by atoms with Gasteiger partial charge in [-0.2, -0.15) is 0 Å². The first-order valence-electron chi connectivity index (χ1n) is 26.4. The highest BCUT2D eigenvalue weighted by Gasteiger charge is 2.43. The van der Waals surface area contributed by atoms with Crippen LogP contribution in [-0.4, -0.2) is 26.1 Å². The lowest BCUT2D eigenvalue weighted by Crippen LogP contribution is -2.74. The topological polar surface area (TPSA) is 38.9 Å². The Morgan fingerprint density at radius 1 is 0.273 bits per heavy atom. The van der Waals surface area contributed by atoms with E-state index in [0.29, 0.717) is 0 Å². The third kappa shape index (κ3) is 7.62. The maximum Gasteiger partial charge on any atom is 0.179 e. The molecule has 0 bridgehead atoms. The number of hydrogen-bond donors (Lipinski definition) is 0. The Labute approximate surface area is 450 Å². The fourth-order valence-corrected chi connectivity index (χ4v) is 22.0. The van der Waals surface area contributed by atoms with Gasteiger partial charge in [0.15, 0.2) is 16.1 Å². The lowest BCUT2D eigenvalue weighted by Gasteiger charge is -2.34. The highest BCUT2D eigenvalue weighted by molar-refractivity contribution is 7.20. The summed E-state index contributed by atoms with van der Waals surface area (Å²) in [7, 11) is -5.69. The van der Waals surface area contributed by atoms with Crippen molar-refractivity contribution in [1.29, 1.82) is 0 Å². The molecule has 3 aromatic heterocycles. The number of hydrogen-bond acceptors (Lipinski definition) is 3. The highest BCUT2D eigenvalue weighted by atomic mass is 28.3. The molecule has 0 saturated heterocycles. The third-order valence-electron chi connectivity index (χ3n) is 15.8. The number of pyridine rings is 2. The van der Waals surface area contributed by atoms with Gasteiger partial charge in [0.25, 0.3) is 0 Å². The lowest BCUT2D eigenvalue weighted by atomic mass is 9.94. The van der Waals surface area contributed by atoms with Crippen LogP contribution in [0.25, 0.3) is 77.3 Å². The minimum Gasteiger partial charge on any atom is -0.455 e. The molecule has 0 spiro atoms. The van der Waals surface area contributed by atoms with Gasteiger partial charge < -0.3 is 4.42 Å². The molecule has 362 valence electrons. The fourth-order valence-electron chi connectivity index (χ4n) is 12.4. The van der Waals surface area contributed by atoms with Gasteiger partial charge in [0.2, 0.25) is 0 Å². The normalized spacial score (nSPS) is 11.9. The summed E-state index contributed by atoms with van der Waals surface area (Å²) in [5.41, 5.74) is 9.55. The van der Waals surface area contributed by atoms with Crippen molar-refractivity contribution in [2.75, 3.05) is 0 Å². The summed E-state index contributed by atoms with van der Waals surface area (Å²) in [6, 6.07) is 109. The molecule has 14 rings (SSSR count). The van der Waals surface area contributed by atoms with Crippen molar-refractivity contribution in [3.8, 4) is 33.5 Å². The predicted molar refractivity (Wildman–Crippen MR) is 328 cm³/mol. The molecule has 5 heteroatoms. The second-order valence-electron chi connectivity index (χ2n) is 19.9. The van der Waals surface area contributed by atoms with Crippen LogP contribution in [0.4, 0.5) is 0 Å². The number of fused-ring (bicyclic) bond motifs is 6. The lowest BCUT2D eigenvalue weighted by molar-refractivity contribution is 0.670. The monoisotopic (exact) mass is 1010 g/mol. The van der Waals surface area contributed by atoms with Gasteiger partial charge in [-0.15, -0.1) is 0 Å². The molecule has 0 aliphatic rings. The molecule has 0 saturated carbocycles. The van der Waals surface area contributed by atoms with E-state index in [2.05, 4.69) is 285 Å². The van der Waals surface area contributed by atoms with Crippen molar-refractivity contribution in [3.63, 3.8) is 0 Å². The van der Waals surface area contributed by atoms with Crippen LogP contribution >= 0.6 is 0 Å². The second-order valence-corrected chi connectivity index (χ2v) is 27.5. The summed E-state index contributed by atoms with van der Waals surface area (Å²) >= 11 is 0. The molecule has 0 fully saturated rings. The Hall–Kier alpha value is -9.53. The zero-order chi connectivity index (χ0) is 51.2. The Morgan fingerprint density at radius 2 is 0.675 bits per heavy atom. The van der Waals surface area contributed by atoms with Gasteiger partial charge in [0.1, 0.15) is 11.2 Å². The second kappa shape index (κ2) is 19.3. The molecule has 14 aromatic rings. The molecular formula is C72H50N2OSi2. The van der Waals surface area contributed by atoms with E-state index in [9.17, 15) is 0 Å². The fraction of sp³-hybridized carbons (Fsp3) is 0. The van der Waals surface area contributed by atoms with E-state index in [1.165, 1.54) is 41.5 Å². The molecule has 0 aliphatic carbocycles. The summed E-state index contributed by atoms with van der Waals surface area (Å²) < 4.78 is 6.76. The molecular weight excluding hydrogens is 965 g/mol. The first-order valence-corrected chi connectivity index (χ1v) is 30.4. The van der Waals surface area contributed by atoms with Crippen LogP contribution in [0.15, 0.2) is 308 Å². The van der Waals surface area contributed by atoms with E-state index < -0.39 is 16.1 Å². The average molecular weight is 1020 g/mol. The van der Waals surface area contributed by atoms with Gasteiger partial charge in [0.05, 0.1) is 16.7 Å². The molecule has 11 aromatic carbocycles. The summed E-state index contributed by atoms with van der Waals surface area (Å²) in [5.74, 6) is 0. The minimum atomic E-state index is -2.88. The number of benzene rings is 11. The van der Waals surface area contributed by atoms with Crippen molar-refractivity contribution in [2.24, 2.45) is 0 Å². The number of para-hydroxylation sites is 2. The summed E-state index contributed by atoms with van der Waals surface area (Å²) in [6.07, 6.45) is 1.97. The van der Waals surface area contributed by atoms with Crippen molar-refractivity contribution in [1.82, 2.24) is 9.97 Å². The zero-order valence-corrected chi connectivity index (χ0v) is 44.2. The van der Waals surface area contributed by atoms with Crippen molar-refractivity contribution in [3.05, 3.63) is 303 Å². The van der Waals surface area contributed by atoms with Crippen LogP contribution in [0.5, 0.6) is 0 Å². The van der Waals surface area contributed by atoms with E-state index in [1.807, 2.05) is 18.3 Å². The third-order valence-corrected chi connectivity index (χ3v) is 25.4. The van der Waals surface area contributed by atoms with Crippen molar-refractivity contribution < 1.29 is 4.42 Å². The van der Waals surface area contributed by atoms with Gasteiger partial charge in [-0.05, 0) is 88.0 Å². The molecule has 0 radical (unpaired) electrons. The standard InChI is InChI=1S/C72H50N2OSi2/c1-7-26-53(27-8-1)76(54-28-9-2-10-29-54,55-30-11-3-12-31-55)59-38-21-24-51(48-59)61-46-47-73-70-63(61)44-45-64-67(50-68(74-71(64)70)66-42-23-41-65-62-40-19-20-43-69(62)75-72(65)66)52-25-22-39-60(49-52)77(56-32-13-4-14-33-56,57-34-15-5-16-35-57)58-36-17-6-18-37-58/h1-50H. The average Bonchev–Trinajstić information content (AvgIpc) is 4.00. The molecule has 0 atom stereocenters. The molecule has 3 heterocycles. The number of rotatable bonds is 11. The van der Waals surface area contributed by atoms with Crippen LogP contribution in [0, 0.1) is 0 Å². The SMILES string of the molecule is c1ccc([Si](c2ccccc2)(c2ccccc2)c2cccc(-c3ccnc4c3ccc3c(-c5cccc([Si](c6ccccc6)(c6ccccc6)c6ccccc6)c5)cc(-c5cccc6c5oc5ccccc56)nc34)c2)cc1. The summed E-state index contributed by atoms with van der Waals surface area (Å²) in [4.78, 5) is 11.0. The van der Waals surface area contributed by atoms with Crippen molar-refractivity contribution in [2.45, 2.75) is 0 Å². The zero-order valence-electron chi connectivity index (χ0n) is 42.2. The first kappa shape index (κ1) is 46.0. The number of furan rings is 1. The Bertz CT molecular complexity index is 4240. The van der Waals surface area contributed by atoms with Crippen molar-refractivity contribution >= 4 is 101 Å². The molecule has 0 N–H and O–H groups in total. The number of nitrogens with zero attached hydrogens (tertiary/aromatic N) is 2. The van der Waals surface area contributed by atoms with Gasteiger partial charge >= 0.3 is 0 Å². The largest absolute Gasteiger partial charge is 0.455 e. The highest BCUT2D eigenvalue weighted by Crippen LogP contribution is 2.41. The summed E-state index contributed by atoms with van der Waals surface area (Å²) in [6.45, 7) is 0. The predicted octanol–water partition coefficient (Wildman–Crippen LogP) is 12.4. The Morgan fingerprint density at radius 3 is 1.17 bits per heavy atom. The van der Waals surface area contributed by atoms with E-state index in [0.717, 1.165) is 77.3 Å². The van der Waals surface area contributed by atoms with Gasteiger partial charge in [0, 0.05) is 33.3 Å². The first-order chi connectivity index (χ1) is 38.2. The van der Waals surface area contributed by atoms with Crippen LogP contribution in [-0.2, 0) is 0 Å². The van der Waals surface area contributed by atoms with Crippen LogP contribution in [0.3, 0.4) is 0 Å². The smallest absolute Gasteiger partial charge is 0.179 e. The Kier molecular flexibility index (Phi) is 11.5. The van der Waals surface area contributed by atoms with Crippen LogP contribution < -0.4 is 41.5 Å². The van der Waals surface area contributed by atoms with E-state index in [-0.39, 0.29) is 0 Å². The van der Waals surface area contributed by atoms with Gasteiger partial charge in [-0.1, -0.05) is 273 Å². The number of aromatic nitrogens is 2. The molecule has 3 nitrogen and oxygen atoms in total. The van der Waals surface area contributed by atoms with Gasteiger partial charge in [-0.3, -0.25) is 4.98 Å². The maximum absolute atomic E-state index is 6.76. The molecule has 0 aliphatic heterocycles. The van der Waals surface area contributed by atoms with E-state index in [4.69, 9.17) is 14.4 Å². The van der Waals surface area contributed by atoms with Crippen LogP contribution in [0.2, 0.25) is 0 Å². The molecule has 0 amide bonds. The molecule has 0 unspecified atom stereocenters. The molecule has 77 heavy (non-hydrogen) atoms. The van der Waals surface area contributed by atoms with Crippen LogP contribution in [0.1, 0.15) is 0 Å². The van der Waals surface area contributed by atoms with Gasteiger partial charge in [-0.25, -0.2) is 4.98 Å². The van der Waals surface area contributed by atoms with E-state index in [1.54, 1.807) is 0 Å². The van der Waals surface area contributed by atoms with E-state index >= 15 is 0 Å². The summed E-state index contributed by atoms with van der Waals surface area (Å²) in [5, 5.41) is 14.8. The Balaban J connectivity index is 1.02. The minimum absolute atomic E-state index is 0.817.